The van der Waals surface area contributed by atoms with Gasteiger partial charge in [-0.2, -0.15) is 0 Å². The molecule has 0 bridgehead atoms. The maximum absolute atomic E-state index is 13.2. The minimum Gasteiger partial charge on any atom is -0.507 e. The largest absolute Gasteiger partial charge is 0.507 e. The molecule has 4 rings (SSSR count). The third kappa shape index (κ3) is 3.53. The number of carbonyl (C=O) groups excluding carboxylic acids is 2. The number of aliphatic hydroxyl groups is 1. The van der Waals surface area contributed by atoms with Gasteiger partial charge in [-0.3, -0.25) is 9.59 Å². The van der Waals surface area contributed by atoms with E-state index in [-0.39, 0.29) is 24.5 Å². The van der Waals surface area contributed by atoms with E-state index < -0.39 is 23.7 Å². The lowest BCUT2D eigenvalue weighted by Crippen LogP contribution is -2.43. The van der Waals surface area contributed by atoms with E-state index in [0.717, 1.165) is 0 Å². The molecule has 0 radical (unpaired) electrons. The van der Waals surface area contributed by atoms with Crippen LogP contribution in [0.25, 0.3) is 0 Å². The molecule has 152 valence electrons. The Kier molecular flexibility index (Phi) is 5.25. The van der Waals surface area contributed by atoms with Crippen molar-refractivity contribution in [3.8, 4) is 11.5 Å². The van der Waals surface area contributed by atoms with Crippen molar-refractivity contribution in [3.63, 3.8) is 0 Å². The summed E-state index contributed by atoms with van der Waals surface area (Å²) in [5.74, 6) is -0.592. The van der Waals surface area contributed by atoms with Crippen molar-refractivity contribution in [2.24, 2.45) is 0 Å². The fourth-order valence-electron chi connectivity index (χ4n) is 3.71. The van der Waals surface area contributed by atoms with Crippen LogP contribution in [0.1, 0.15) is 22.3 Å². The summed E-state index contributed by atoms with van der Waals surface area (Å²) in [7, 11) is 0. The van der Waals surface area contributed by atoms with Gasteiger partial charge in [-0.15, -0.1) is 0 Å². The van der Waals surface area contributed by atoms with Crippen LogP contribution in [0.5, 0.6) is 11.5 Å². The number of carbonyl (C=O) groups is 2. The number of ketones is 1. The van der Waals surface area contributed by atoms with Crippen LogP contribution >= 0.6 is 0 Å². The number of amides is 1. The molecule has 0 aliphatic carbocycles. The monoisotopic (exact) mass is 403 g/mol. The van der Waals surface area contributed by atoms with E-state index in [0.29, 0.717) is 17.0 Å². The summed E-state index contributed by atoms with van der Waals surface area (Å²) in [6.45, 7) is 0.450. The molecular formula is C24H21NO5. The number of Topliss-reactive ketones (excluding diaryl/α,β-unsaturated/α-hetero) is 1. The fraction of sp³-hybridized carbons (Fsp3) is 0.167. The van der Waals surface area contributed by atoms with Gasteiger partial charge in [0.25, 0.3) is 5.91 Å². The van der Waals surface area contributed by atoms with E-state index in [1.54, 1.807) is 36.4 Å². The zero-order valence-corrected chi connectivity index (χ0v) is 16.2. The third-order valence-electron chi connectivity index (χ3n) is 5.19. The van der Waals surface area contributed by atoms with Gasteiger partial charge in [-0.05, 0) is 30.3 Å². The predicted molar refractivity (Wildman–Crippen MR) is 112 cm³/mol. The lowest BCUT2D eigenvalue weighted by atomic mass is 9.88. The number of rotatable bonds is 7. The van der Waals surface area contributed by atoms with Crippen molar-refractivity contribution >= 4 is 17.4 Å². The van der Waals surface area contributed by atoms with E-state index >= 15 is 0 Å². The summed E-state index contributed by atoms with van der Waals surface area (Å²) >= 11 is 0. The number of aromatic hydroxyl groups is 1. The molecular weight excluding hydrogens is 382 g/mol. The SMILES string of the molecule is O=C(CC1(O)C(=O)N(CCOc2ccccc2)c2ccccc21)c1ccccc1O. The molecule has 1 atom stereocenters. The van der Waals surface area contributed by atoms with Crippen molar-refractivity contribution in [2.75, 3.05) is 18.1 Å². The second-order valence-electron chi connectivity index (χ2n) is 7.11. The van der Waals surface area contributed by atoms with E-state index in [9.17, 15) is 19.8 Å². The van der Waals surface area contributed by atoms with Gasteiger partial charge in [0.1, 0.15) is 18.1 Å². The van der Waals surface area contributed by atoms with Gasteiger partial charge in [0.15, 0.2) is 11.4 Å². The number of hydrogen-bond acceptors (Lipinski definition) is 5. The van der Waals surface area contributed by atoms with Crippen molar-refractivity contribution in [1.82, 2.24) is 0 Å². The summed E-state index contributed by atoms with van der Waals surface area (Å²) in [6, 6.07) is 22.2. The Morgan fingerprint density at radius 2 is 1.60 bits per heavy atom. The van der Waals surface area contributed by atoms with Gasteiger partial charge in [0, 0.05) is 5.56 Å². The van der Waals surface area contributed by atoms with Crippen LogP contribution in [0.15, 0.2) is 78.9 Å². The first-order valence-corrected chi connectivity index (χ1v) is 9.63. The summed E-state index contributed by atoms with van der Waals surface area (Å²) in [5, 5.41) is 21.2. The number of phenolic OH excluding ortho intramolecular Hbond substituents is 1. The van der Waals surface area contributed by atoms with Gasteiger partial charge < -0.3 is 19.8 Å². The number of fused-ring (bicyclic) bond motifs is 1. The van der Waals surface area contributed by atoms with E-state index in [4.69, 9.17) is 4.74 Å². The maximum Gasteiger partial charge on any atom is 0.264 e. The first kappa shape index (κ1) is 19.7. The number of anilines is 1. The van der Waals surface area contributed by atoms with E-state index in [1.807, 2.05) is 30.3 Å². The smallest absolute Gasteiger partial charge is 0.264 e. The zero-order chi connectivity index (χ0) is 21.1. The molecule has 0 saturated carbocycles. The van der Waals surface area contributed by atoms with Crippen molar-refractivity contribution in [1.29, 1.82) is 0 Å². The molecule has 1 aliphatic heterocycles. The Morgan fingerprint density at radius 1 is 0.933 bits per heavy atom. The summed E-state index contributed by atoms with van der Waals surface area (Å²) in [5.41, 5.74) is -1.00. The third-order valence-corrected chi connectivity index (χ3v) is 5.19. The molecule has 0 spiro atoms. The molecule has 3 aromatic carbocycles. The number of ether oxygens (including phenoxy) is 1. The second-order valence-corrected chi connectivity index (χ2v) is 7.11. The van der Waals surface area contributed by atoms with E-state index in [2.05, 4.69) is 0 Å². The van der Waals surface area contributed by atoms with Crippen LogP contribution in [-0.2, 0) is 10.4 Å². The average molecular weight is 403 g/mol. The Labute approximate surface area is 174 Å². The van der Waals surface area contributed by atoms with Gasteiger partial charge in [0.2, 0.25) is 0 Å². The highest BCUT2D eigenvalue weighted by Crippen LogP contribution is 2.43. The molecule has 1 amide bonds. The summed E-state index contributed by atoms with van der Waals surface area (Å²) in [6.07, 6.45) is -0.462. The average Bonchev–Trinajstić information content (AvgIpc) is 2.97. The van der Waals surface area contributed by atoms with Crippen LogP contribution in [0.4, 0.5) is 5.69 Å². The Bertz CT molecular complexity index is 1080. The number of nitrogens with zero attached hydrogens (tertiary/aromatic N) is 1. The molecule has 0 aromatic heterocycles. The quantitative estimate of drug-likeness (QED) is 0.591. The van der Waals surface area contributed by atoms with Crippen LogP contribution < -0.4 is 9.64 Å². The fourth-order valence-corrected chi connectivity index (χ4v) is 3.71. The molecule has 1 unspecified atom stereocenters. The van der Waals surface area contributed by atoms with Crippen LogP contribution in [0, 0.1) is 0 Å². The topological polar surface area (TPSA) is 87.1 Å². The Hall–Kier alpha value is -3.64. The zero-order valence-electron chi connectivity index (χ0n) is 16.2. The minimum absolute atomic E-state index is 0.0714. The van der Waals surface area contributed by atoms with Crippen molar-refractivity contribution in [2.45, 2.75) is 12.0 Å². The normalized spacial score (nSPS) is 17.6. The number of benzene rings is 3. The first-order valence-electron chi connectivity index (χ1n) is 9.63. The molecule has 6 heteroatoms. The number of para-hydroxylation sites is 3. The Balaban J connectivity index is 1.56. The molecule has 0 fully saturated rings. The van der Waals surface area contributed by atoms with Crippen LogP contribution in [0.2, 0.25) is 0 Å². The van der Waals surface area contributed by atoms with Crippen molar-refractivity contribution in [3.05, 3.63) is 90.0 Å². The van der Waals surface area contributed by atoms with Crippen molar-refractivity contribution < 1.29 is 24.5 Å². The highest BCUT2D eigenvalue weighted by atomic mass is 16.5. The highest BCUT2D eigenvalue weighted by molar-refractivity contribution is 6.11. The lowest BCUT2D eigenvalue weighted by Gasteiger charge is -2.23. The second kappa shape index (κ2) is 8.00. The van der Waals surface area contributed by atoms with Gasteiger partial charge >= 0.3 is 0 Å². The maximum atomic E-state index is 13.2. The molecule has 30 heavy (non-hydrogen) atoms. The highest BCUT2D eigenvalue weighted by Gasteiger charge is 2.50. The molecule has 1 aliphatic rings. The summed E-state index contributed by atoms with van der Waals surface area (Å²) in [4.78, 5) is 27.4. The Morgan fingerprint density at radius 3 is 2.37 bits per heavy atom. The number of phenols is 1. The van der Waals surface area contributed by atoms with Gasteiger partial charge in [0.05, 0.1) is 24.2 Å². The first-order chi connectivity index (χ1) is 14.5. The van der Waals surface area contributed by atoms with E-state index in [1.165, 1.54) is 17.0 Å². The van der Waals surface area contributed by atoms with Crippen LogP contribution in [-0.4, -0.2) is 35.1 Å². The van der Waals surface area contributed by atoms with Crippen LogP contribution in [0.3, 0.4) is 0 Å². The summed E-state index contributed by atoms with van der Waals surface area (Å²) < 4.78 is 5.69. The predicted octanol–water partition coefficient (Wildman–Crippen LogP) is 3.28. The molecule has 1 heterocycles. The van der Waals surface area contributed by atoms with Gasteiger partial charge in [-0.1, -0.05) is 48.5 Å². The molecule has 3 aromatic rings. The molecule has 2 N–H and O–H groups in total. The molecule has 6 nitrogen and oxygen atoms in total. The molecule has 0 saturated heterocycles. The number of hydrogen-bond donors (Lipinski definition) is 2. The standard InChI is InChI=1S/C24H21NO5/c26-21-13-7-4-10-18(21)22(27)16-24(29)19-11-5-6-12-20(19)25(23(24)28)14-15-30-17-8-2-1-3-9-17/h1-13,26,29H,14-16H2. The lowest BCUT2D eigenvalue weighted by molar-refractivity contribution is -0.135. The minimum atomic E-state index is -2.00. The van der Waals surface area contributed by atoms with Gasteiger partial charge in [-0.25, -0.2) is 0 Å².